The Morgan fingerprint density at radius 2 is 1.88 bits per heavy atom. The highest BCUT2D eigenvalue weighted by molar-refractivity contribution is 5.15. The van der Waals surface area contributed by atoms with Gasteiger partial charge in [-0.3, -0.25) is 9.36 Å². The minimum Gasteiger partial charge on any atom is -0.311 e. The first-order valence-corrected chi connectivity index (χ1v) is 6.49. The second-order valence-corrected chi connectivity index (χ2v) is 4.85. The van der Waals surface area contributed by atoms with Crippen molar-refractivity contribution < 1.29 is 0 Å². The van der Waals surface area contributed by atoms with Gasteiger partial charge in [-0.1, -0.05) is 26.2 Å². The van der Waals surface area contributed by atoms with Gasteiger partial charge in [-0.15, -0.1) is 0 Å². The maximum absolute atomic E-state index is 12.3. The van der Waals surface area contributed by atoms with Crippen LogP contribution in [0.3, 0.4) is 0 Å². The molecule has 1 fully saturated rings. The molecular formula is C13H20N2O2. The van der Waals surface area contributed by atoms with E-state index in [9.17, 15) is 9.59 Å². The third-order valence-corrected chi connectivity index (χ3v) is 3.74. The molecule has 4 heteroatoms. The Kier molecular flexibility index (Phi) is 3.50. The zero-order chi connectivity index (χ0) is 12.4. The SMILES string of the molecule is CCc1c(C)[nH]c(=O)n(C2CCCCC2)c1=O. The fraction of sp³-hybridized carbons (Fsp3) is 0.692. The largest absolute Gasteiger partial charge is 0.328 e. The summed E-state index contributed by atoms with van der Waals surface area (Å²) in [5.74, 6) is 0. The first-order valence-electron chi connectivity index (χ1n) is 6.49. The Morgan fingerprint density at radius 3 is 2.47 bits per heavy atom. The van der Waals surface area contributed by atoms with Crippen molar-refractivity contribution in [1.29, 1.82) is 0 Å². The summed E-state index contributed by atoms with van der Waals surface area (Å²) >= 11 is 0. The fourth-order valence-electron chi connectivity index (χ4n) is 2.78. The Morgan fingerprint density at radius 1 is 1.24 bits per heavy atom. The predicted molar refractivity (Wildman–Crippen MR) is 67.6 cm³/mol. The van der Waals surface area contributed by atoms with E-state index in [1.54, 1.807) is 6.92 Å². The quantitative estimate of drug-likeness (QED) is 0.852. The predicted octanol–water partition coefficient (Wildman–Crippen LogP) is 1.91. The molecule has 94 valence electrons. The molecule has 0 aliphatic heterocycles. The summed E-state index contributed by atoms with van der Waals surface area (Å²) < 4.78 is 1.45. The number of nitrogens with zero attached hydrogens (tertiary/aromatic N) is 1. The van der Waals surface area contributed by atoms with Crippen LogP contribution in [0, 0.1) is 6.92 Å². The fourth-order valence-corrected chi connectivity index (χ4v) is 2.78. The topological polar surface area (TPSA) is 54.9 Å². The number of H-pyrrole nitrogens is 1. The molecule has 1 aromatic heterocycles. The molecule has 17 heavy (non-hydrogen) atoms. The van der Waals surface area contributed by atoms with Gasteiger partial charge in [-0.2, -0.15) is 0 Å². The number of hydrogen-bond donors (Lipinski definition) is 1. The molecule has 2 rings (SSSR count). The van der Waals surface area contributed by atoms with Crippen LogP contribution in [0.15, 0.2) is 9.59 Å². The van der Waals surface area contributed by atoms with E-state index in [1.807, 2.05) is 6.92 Å². The number of aryl methyl sites for hydroxylation is 1. The van der Waals surface area contributed by atoms with Gasteiger partial charge in [0.25, 0.3) is 5.56 Å². The first-order chi connectivity index (χ1) is 8.15. The van der Waals surface area contributed by atoms with E-state index in [4.69, 9.17) is 0 Å². The molecule has 1 heterocycles. The molecule has 0 saturated heterocycles. The second kappa shape index (κ2) is 4.90. The van der Waals surface area contributed by atoms with Crippen LogP contribution in [0.5, 0.6) is 0 Å². The molecular weight excluding hydrogens is 216 g/mol. The van der Waals surface area contributed by atoms with E-state index < -0.39 is 0 Å². The van der Waals surface area contributed by atoms with Crippen LogP contribution in [0.1, 0.15) is 56.3 Å². The molecule has 0 amide bonds. The van der Waals surface area contributed by atoms with Gasteiger partial charge in [-0.25, -0.2) is 4.79 Å². The van der Waals surface area contributed by atoms with Crippen LogP contribution < -0.4 is 11.2 Å². The Hall–Kier alpha value is -1.32. The van der Waals surface area contributed by atoms with Crippen molar-refractivity contribution in [3.63, 3.8) is 0 Å². The van der Waals surface area contributed by atoms with Crippen molar-refractivity contribution in [1.82, 2.24) is 9.55 Å². The van der Waals surface area contributed by atoms with E-state index >= 15 is 0 Å². The molecule has 1 saturated carbocycles. The van der Waals surface area contributed by atoms with Gasteiger partial charge in [-0.05, 0) is 26.2 Å². The van der Waals surface area contributed by atoms with E-state index in [1.165, 1.54) is 11.0 Å². The van der Waals surface area contributed by atoms with E-state index in [0.29, 0.717) is 6.42 Å². The molecule has 0 radical (unpaired) electrons. The first kappa shape index (κ1) is 12.1. The summed E-state index contributed by atoms with van der Waals surface area (Å²) in [5, 5.41) is 0. The van der Waals surface area contributed by atoms with E-state index in [0.717, 1.165) is 36.9 Å². The Bertz CT molecular complexity index is 507. The Balaban J connectivity index is 2.53. The lowest BCUT2D eigenvalue weighted by molar-refractivity contribution is 0.334. The van der Waals surface area contributed by atoms with E-state index in [2.05, 4.69) is 4.98 Å². The minimum atomic E-state index is -0.239. The summed E-state index contributed by atoms with van der Waals surface area (Å²) in [5.41, 5.74) is 1.14. The second-order valence-electron chi connectivity index (χ2n) is 4.85. The summed E-state index contributed by atoms with van der Waals surface area (Å²) in [6, 6.07) is 0.103. The molecule has 0 atom stereocenters. The highest BCUT2D eigenvalue weighted by atomic mass is 16.2. The van der Waals surface area contributed by atoms with Crippen LogP contribution in [0.4, 0.5) is 0 Å². The lowest BCUT2D eigenvalue weighted by atomic mass is 9.95. The number of aromatic amines is 1. The molecule has 1 aromatic rings. The summed E-state index contributed by atoms with van der Waals surface area (Å²) in [6.45, 7) is 3.75. The van der Waals surface area contributed by atoms with Gasteiger partial charge >= 0.3 is 5.69 Å². The summed E-state index contributed by atoms with van der Waals surface area (Å²) in [7, 11) is 0. The van der Waals surface area contributed by atoms with Crippen LogP contribution in [0.25, 0.3) is 0 Å². The van der Waals surface area contributed by atoms with Crippen molar-refractivity contribution in [3.8, 4) is 0 Å². The number of nitrogens with one attached hydrogen (secondary N) is 1. The average Bonchev–Trinajstić information content (AvgIpc) is 2.30. The van der Waals surface area contributed by atoms with E-state index in [-0.39, 0.29) is 17.3 Å². The van der Waals surface area contributed by atoms with Gasteiger partial charge in [0.2, 0.25) is 0 Å². The standard InChI is InChI=1S/C13H20N2O2/c1-3-11-9(2)14-13(17)15(12(11)16)10-7-5-4-6-8-10/h10H,3-8H2,1-2H3,(H,14,17). The van der Waals surface area contributed by atoms with Crippen molar-refractivity contribution in [2.24, 2.45) is 0 Å². The average molecular weight is 236 g/mol. The molecule has 0 aromatic carbocycles. The molecule has 4 nitrogen and oxygen atoms in total. The number of rotatable bonds is 2. The third kappa shape index (κ3) is 2.21. The molecule has 0 spiro atoms. The van der Waals surface area contributed by atoms with Crippen LogP contribution in [-0.2, 0) is 6.42 Å². The van der Waals surface area contributed by atoms with Crippen molar-refractivity contribution in [2.45, 2.75) is 58.4 Å². The third-order valence-electron chi connectivity index (χ3n) is 3.74. The lowest BCUT2D eigenvalue weighted by Crippen LogP contribution is -2.41. The number of hydrogen-bond acceptors (Lipinski definition) is 2. The zero-order valence-corrected chi connectivity index (χ0v) is 10.6. The van der Waals surface area contributed by atoms with Crippen molar-refractivity contribution >= 4 is 0 Å². The maximum Gasteiger partial charge on any atom is 0.328 e. The van der Waals surface area contributed by atoms with Gasteiger partial charge in [0.1, 0.15) is 0 Å². The Labute approximate surface area is 101 Å². The molecule has 1 aliphatic carbocycles. The maximum atomic E-state index is 12.3. The molecule has 1 aliphatic rings. The summed E-state index contributed by atoms with van der Waals surface area (Å²) in [4.78, 5) is 27.0. The van der Waals surface area contributed by atoms with Crippen LogP contribution in [-0.4, -0.2) is 9.55 Å². The highest BCUT2D eigenvalue weighted by Gasteiger charge is 2.20. The van der Waals surface area contributed by atoms with Crippen LogP contribution >= 0.6 is 0 Å². The normalized spacial score (nSPS) is 17.3. The van der Waals surface area contributed by atoms with Gasteiger partial charge < -0.3 is 4.98 Å². The smallest absolute Gasteiger partial charge is 0.311 e. The minimum absolute atomic E-state index is 0.0827. The molecule has 0 unspecified atom stereocenters. The van der Waals surface area contributed by atoms with Gasteiger partial charge in [0.05, 0.1) is 0 Å². The number of aromatic nitrogens is 2. The summed E-state index contributed by atoms with van der Waals surface area (Å²) in [6.07, 6.45) is 6.03. The van der Waals surface area contributed by atoms with Crippen LogP contribution in [0.2, 0.25) is 0 Å². The zero-order valence-electron chi connectivity index (χ0n) is 10.6. The van der Waals surface area contributed by atoms with Crippen molar-refractivity contribution in [2.75, 3.05) is 0 Å². The van der Waals surface area contributed by atoms with Gasteiger partial charge in [0.15, 0.2) is 0 Å². The monoisotopic (exact) mass is 236 g/mol. The van der Waals surface area contributed by atoms with Crippen molar-refractivity contribution in [3.05, 3.63) is 32.1 Å². The molecule has 1 N–H and O–H groups in total. The highest BCUT2D eigenvalue weighted by Crippen LogP contribution is 2.25. The lowest BCUT2D eigenvalue weighted by Gasteiger charge is -2.23. The van der Waals surface area contributed by atoms with Gasteiger partial charge in [0, 0.05) is 17.3 Å². The molecule has 0 bridgehead atoms.